The summed E-state index contributed by atoms with van der Waals surface area (Å²) in [5.74, 6) is 1.92. The van der Waals surface area contributed by atoms with Crippen LogP contribution in [0.15, 0.2) is 54.6 Å². The van der Waals surface area contributed by atoms with Crippen LogP contribution < -0.4 is 10.1 Å². The van der Waals surface area contributed by atoms with Gasteiger partial charge in [-0.2, -0.15) is 0 Å². The monoisotopic (exact) mass is 547 g/mol. The van der Waals surface area contributed by atoms with Gasteiger partial charge in [0.05, 0.1) is 34.6 Å². The van der Waals surface area contributed by atoms with Gasteiger partial charge >= 0.3 is 5.97 Å². The maximum absolute atomic E-state index is 13.3. The molecule has 1 heterocycles. The van der Waals surface area contributed by atoms with Crippen LogP contribution >= 0.6 is 23.2 Å². The number of rotatable bonds is 7. The molecule has 9 heteroatoms. The highest BCUT2D eigenvalue weighted by Crippen LogP contribution is 2.33. The Morgan fingerprint density at radius 3 is 2.45 bits per heavy atom. The average molecular weight is 548 g/mol. The van der Waals surface area contributed by atoms with Gasteiger partial charge in [-0.05, 0) is 41.8 Å². The van der Waals surface area contributed by atoms with Crippen molar-refractivity contribution in [3.8, 4) is 29.4 Å². The number of amides is 1. The number of carbonyl (C=O) groups excluding carboxylic acids is 2. The normalized spacial score (nSPS) is 10.8. The fourth-order valence-electron chi connectivity index (χ4n) is 3.79. The number of aromatic nitrogens is 2. The van der Waals surface area contributed by atoms with Crippen molar-refractivity contribution in [2.75, 3.05) is 19.0 Å². The lowest BCUT2D eigenvalue weighted by Gasteiger charge is -2.13. The molecule has 0 aliphatic carbocycles. The summed E-state index contributed by atoms with van der Waals surface area (Å²) in [4.78, 5) is 34.5. The lowest BCUT2D eigenvalue weighted by atomic mass is 9.99. The van der Waals surface area contributed by atoms with E-state index in [1.54, 1.807) is 18.2 Å². The van der Waals surface area contributed by atoms with Gasteiger partial charge in [0.1, 0.15) is 12.4 Å². The molecule has 0 atom stereocenters. The van der Waals surface area contributed by atoms with E-state index in [0.717, 1.165) is 5.56 Å². The molecular weight excluding hydrogens is 525 g/mol. The molecule has 0 saturated carbocycles. The van der Waals surface area contributed by atoms with Crippen LogP contribution in [0.2, 0.25) is 10.0 Å². The molecule has 4 aromatic rings. The van der Waals surface area contributed by atoms with Crippen LogP contribution in [-0.4, -0.2) is 35.6 Å². The third kappa shape index (κ3) is 5.72. The van der Waals surface area contributed by atoms with Gasteiger partial charge in [0.15, 0.2) is 0 Å². The minimum absolute atomic E-state index is 0.0156. The molecule has 0 bridgehead atoms. The van der Waals surface area contributed by atoms with Crippen LogP contribution in [0.25, 0.3) is 22.2 Å². The van der Waals surface area contributed by atoms with Gasteiger partial charge < -0.3 is 14.8 Å². The number of methoxy groups -OCH3 is 1. The zero-order valence-electron chi connectivity index (χ0n) is 20.8. The Bertz CT molecular complexity index is 1580. The van der Waals surface area contributed by atoms with Crippen molar-refractivity contribution >= 4 is 51.7 Å². The Balaban J connectivity index is 1.80. The highest BCUT2D eigenvalue weighted by atomic mass is 35.5. The number of ether oxygens (including phenoxy) is 2. The molecule has 1 N–H and O–H groups in total. The number of terminal acetylenes is 1. The van der Waals surface area contributed by atoms with Gasteiger partial charge in [-0.1, -0.05) is 67.2 Å². The molecule has 0 aliphatic rings. The van der Waals surface area contributed by atoms with Gasteiger partial charge in [0.2, 0.25) is 5.82 Å². The van der Waals surface area contributed by atoms with Crippen molar-refractivity contribution in [2.24, 2.45) is 0 Å². The number of halogens is 2. The maximum Gasteiger partial charge on any atom is 0.339 e. The van der Waals surface area contributed by atoms with E-state index in [-0.39, 0.29) is 33.7 Å². The minimum atomic E-state index is -0.690. The molecule has 192 valence electrons. The number of benzene rings is 3. The maximum atomic E-state index is 13.3. The van der Waals surface area contributed by atoms with Crippen LogP contribution in [0.5, 0.6) is 5.75 Å². The first-order valence-corrected chi connectivity index (χ1v) is 12.3. The number of nitrogens with one attached hydrogen (secondary N) is 1. The second-order valence-corrected chi connectivity index (χ2v) is 9.42. The number of anilines is 1. The topological polar surface area (TPSA) is 90.4 Å². The Morgan fingerprint density at radius 2 is 1.79 bits per heavy atom. The summed E-state index contributed by atoms with van der Waals surface area (Å²) < 4.78 is 10.3. The van der Waals surface area contributed by atoms with E-state index < -0.39 is 11.9 Å². The first-order chi connectivity index (χ1) is 18.2. The van der Waals surface area contributed by atoms with Gasteiger partial charge in [0.25, 0.3) is 5.91 Å². The lowest BCUT2D eigenvalue weighted by molar-refractivity contribution is 0.0600. The molecule has 0 saturated heterocycles. The van der Waals surface area contributed by atoms with Crippen LogP contribution in [0.1, 0.15) is 46.3 Å². The van der Waals surface area contributed by atoms with Crippen LogP contribution in [-0.2, 0) is 4.74 Å². The standard InChI is InChI=1S/C29H23Cl2N3O4/c1-5-12-38-20-10-11-23-21(15-20)26(18-8-6-17(7-9-18)16(2)3)34-27(32-23)28(35)33-24-14-19(30)13-22(25(24)31)29(36)37-4/h1,6-11,13-16H,12H2,2-4H3,(H,33,35). The summed E-state index contributed by atoms with van der Waals surface area (Å²) in [5, 5.41) is 3.51. The van der Waals surface area contributed by atoms with E-state index >= 15 is 0 Å². The molecule has 0 unspecified atom stereocenters. The molecule has 7 nitrogen and oxygen atoms in total. The number of nitrogens with zero attached hydrogens (tertiary/aromatic N) is 2. The molecule has 38 heavy (non-hydrogen) atoms. The van der Waals surface area contributed by atoms with Crippen molar-refractivity contribution in [3.63, 3.8) is 0 Å². The molecule has 0 fully saturated rings. The van der Waals surface area contributed by atoms with E-state index in [0.29, 0.717) is 28.3 Å². The van der Waals surface area contributed by atoms with E-state index in [2.05, 4.69) is 35.1 Å². The van der Waals surface area contributed by atoms with Gasteiger partial charge in [-0.15, -0.1) is 6.42 Å². The van der Waals surface area contributed by atoms with Crippen molar-refractivity contribution in [1.82, 2.24) is 9.97 Å². The third-order valence-electron chi connectivity index (χ3n) is 5.73. The molecule has 1 amide bonds. The predicted octanol–water partition coefficient (Wildman–Crippen LogP) is 6.78. The smallest absolute Gasteiger partial charge is 0.339 e. The SMILES string of the molecule is C#CCOc1ccc2nc(C(=O)Nc3cc(Cl)cc(C(=O)OC)c3Cl)nc(-c3ccc(C(C)C)cc3)c2c1. The van der Waals surface area contributed by atoms with Gasteiger partial charge in [-0.3, -0.25) is 4.79 Å². The van der Waals surface area contributed by atoms with Crippen molar-refractivity contribution in [1.29, 1.82) is 0 Å². The van der Waals surface area contributed by atoms with E-state index in [9.17, 15) is 9.59 Å². The Hall–Kier alpha value is -4.12. The van der Waals surface area contributed by atoms with E-state index in [4.69, 9.17) is 39.1 Å². The Kier molecular flexibility index (Phi) is 8.16. The van der Waals surface area contributed by atoms with Crippen LogP contribution in [0.3, 0.4) is 0 Å². The summed E-state index contributed by atoms with van der Waals surface area (Å²) in [7, 11) is 1.22. The van der Waals surface area contributed by atoms with Gasteiger partial charge in [0, 0.05) is 16.0 Å². The number of hydrogen-bond acceptors (Lipinski definition) is 6. The molecule has 1 aromatic heterocycles. The first-order valence-electron chi connectivity index (χ1n) is 11.6. The Labute approximate surface area is 230 Å². The van der Waals surface area contributed by atoms with E-state index in [1.807, 2.05) is 24.3 Å². The molecule has 4 rings (SSSR count). The number of carbonyl (C=O) groups is 2. The third-order valence-corrected chi connectivity index (χ3v) is 6.36. The second-order valence-electron chi connectivity index (χ2n) is 8.60. The number of esters is 1. The summed E-state index contributed by atoms with van der Waals surface area (Å²) >= 11 is 12.5. The molecular formula is C29H23Cl2N3O4. The summed E-state index contributed by atoms with van der Waals surface area (Å²) in [6.45, 7) is 4.33. The van der Waals surface area contributed by atoms with Crippen molar-refractivity contribution < 1.29 is 19.1 Å². The minimum Gasteiger partial charge on any atom is -0.481 e. The van der Waals surface area contributed by atoms with Crippen LogP contribution in [0.4, 0.5) is 5.69 Å². The molecule has 0 radical (unpaired) electrons. The molecule has 0 aliphatic heterocycles. The summed E-state index contributed by atoms with van der Waals surface area (Å²) in [6, 6.07) is 16.0. The highest BCUT2D eigenvalue weighted by Gasteiger charge is 2.21. The summed E-state index contributed by atoms with van der Waals surface area (Å²) in [5.41, 5.74) is 3.15. The highest BCUT2D eigenvalue weighted by molar-refractivity contribution is 6.38. The van der Waals surface area contributed by atoms with Crippen LogP contribution in [0, 0.1) is 12.3 Å². The number of hydrogen-bond donors (Lipinski definition) is 1. The largest absolute Gasteiger partial charge is 0.481 e. The zero-order chi connectivity index (χ0) is 27.4. The van der Waals surface area contributed by atoms with Crippen molar-refractivity contribution in [3.05, 3.63) is 81.6 Å². The number of fused-ring (bicyclic) bond motifs is 1. The summed E-state index contributed by atoms with van der Waals surface area (Å²) in [6.07, 6.45) is 5.33. The predicted molar refractivity (Wildman–Crippen MR) is 149 cm³/mol. The van der Waals surface area contributed by atoms with E-state index in [1.165, 1.54) is 24.8 Å². The average Bonchev–Trinajstić information content (AvgIpc) is 2.92. The fourth-order valence-corrected chi connectivity index (χ4v) is 4.24. The fraction of sp³-hybridized carbons (Fsp3) is 0.172. The lowest BCUT2D eigenvalue weighted by Crippen LogP contribution is -2.17. The second kappa shape index (κ2) is 11.5. The molecule has 3 aromatic carbocycles. The quantitative estimate of drug-likeness (QED) is 0.202. The van der Waals surface area contributed by atoms with Crippen molar-refractivity contribution in [2.45, 2.75) is 19.8 Å². The van der Waals surface area contributed by atoms with Gasteiger partial charge in [-0.25, -0.2) is 14.8 Å². The first kappa shape index (κ1) is 26.9. The molecule has 0 spiro atoms. The zero-order valence-corrected chi connectivity index (χ0v) is 22.4. The Morgan fingerprint density at radius 1 is 1.05 bits per heavy atom.